The van der Waals surface area contributed by atoms with Crippen molar-refractivity contribution in [3.05, 3.63) is 29.3 Å². The first-order valence-electron chi connectivity index (χ1n) is 6.28. The topological polar surface area (TPSA) is 75.6 Å². The molecular weight excluding hydrogens is 246 g/mol. The summed E-state index contributed by atoms with van der Waals surface area (Å²) in [7, 11) is 0. The maximum Gasteiger partial charge on any atom is 0.304 e. The van der Waals surface area contributed by atoms with Crippen LogP contribution in [0.5, 0.6) is 5.75 Å². The van der Waals surface area contributed by atoms with E-state index in [-0.39, 0.29) is 18.2 Å². The van der Waals surface area contributed by atoms with Gasteiger partial charge in [0.1, 0.15) is 5.75 Å². The van der Waals surface area contributed by atoms with Gasteiger partial charge in [0.15, 0.2) is 0 Å². The van der Waals surface area contributed by atoms with E-state index in [0.29, 0.717) is 13.2 Å². The van der Waals surface area contributed by atoms with Crippen molar-refractivity contribution >= 4 is 11.9 Å². The third-order valence-corrected chi connectivity index (χ3v) is 3.20. The zero-order valence-electron chi connectivity index (χ0n) is 10.8. The summed E-state index contributed by atoms with van der Waals surface area (Å²) in [6.45, 7) is 2.43. The van der Waals surface area contributed by atoms with E-state index in [1.807, 2.05) is 18.2 Å². The Balaban J connectivity index is 2.16. The van der Waals surface area contributed by atoms with Gasteiger partial charge in [-0.15, -0.1) is 0 Å². The molecule has 102 valence electrons. The number of benzene rings is 1. The number of carbonyl (C=O) groups excluding carboxylic acids is 1. The van der Waals surface area contributed by atoms with Crippen LogP contribution in [0, 0.1) is 0 Å². The number of ether oxygens (including phenoxy) is 1. The maximum atomic E-state index is 11.0. The quantitative estimate of drug-likeness (QED) is 0.840. The summed E-state index contributed by atoms with van der Waals surface area (Å²) in [6, 6.07) is 5.73. The molecule has 0 aliphatic carbocycles. The lowest BCUT2D eigenvalue weighted by Crippen LogP contribution is -2.27. The fourth-order valence-electron chi connectivity index (χ4n) is 2.25. The van der Waals surface area contributed by atoms with E-state index < -0.39 is 5.97 Å². The third kappa shape index (κ3) is 3.47. The van der Waals surface area contributed by atoms with Gasteiger partial charge in [0, 0.05) is 25.8 Å². The van der Waals surface area contributed by atoms with Gasteiger partial charge >= 0.3 is 5.97 Å². The molecular formula is C14H17NO4. The number of hydrogen-bond donors (Lipinski definition) is 2. The van der Waals surface area contributed by atoms with Crippen LogP contribution in [0.2, 0.25) is 0 Å². The number of aliphatic carboxylic acids is 1. The molecule has 1 aromatic carbocycles. The van der Waals surface area contributed by atoms with Crippen molar-refractivity contribution in [1.29, 1.82) is 0 Å². The molecule has 5 nitrogen and oxygen atoms in total. The molecule has 0 aromatic heterocycles. The fourth-order valence-corrected chi connectivity index (χ4v) is 2.25. The van der Waals surface area contributed by atoms with Gasteiger partial charge in [-0.2, -0.15) is 0 Å². The highest BCUT2D eigenvalue weighted by molar-refractivity contribution is 5.73. The summed E-state index contributed by atoms with van der Waals surface area (Å²) in [5, 5.41) is 11.7. The molecule has 2 N–H and O–H groups in total. The van der Waals surface area contributed by atoms with Crippen LogP contribution in [-0.4, -0.2) is 30.1 Å². The molecule has 0 fully saturated rings. The Labute approximate surface area is 111 Å². The Kier molecular flexibility index (Phi) is 4.04. The number of rotatable bonds is 5. The van der Waals surface area contributed by atoms with E-state index in [1.165, 1.54) is 6.92 Å². The first kappa shape index (κ1) is 13.4. The van der Waals surface area contributed by atoms with Crippen LogP contribution in [0.1, 0.15) is 30.4 Å². The van der Waals surface area contributed by atoms with Crippen molar-refractivity contribution in [1.82, 2.24) is 5.32 Å². The second-order valence-electron chi connectivity index (χ2n) is 4.70. The first-order chi connectivity index (χ1) is 9.06. The van der Waals surface area contributed by atoms with Crippen LogP contribution in [-0.2, 0) is 16.0 Å². The molecule has 0 saturated heterocycles. The molecule has 0 bridgehead atoms. The summed E-state index contributed by atoms with van der Waals surface area (Å²) in [5.41, 5.74) is 2.04. The van der Waals surface area contributed by atoms with E-state index in [9.17, 15) is 9.59 Å². The zero-order valence-corrected chi connectivity index (χ0v) is 10.8. The maximum absolute atomic E-state index is 11.0. The van der Waals surface area contributed by atoms with Crippen molar-refractivity contribution in [2.75, 3.05) is 13.2 Å². The molecule has 0 radical (unpaired) electrons. The van der Waals surface area contributed by atoms with Crippen LogP contribution in [0.3, 0.4) is 0 Å². The van der Waals surface area contributed by atoms with E-state index in [4.69, 9.17) is 9.84 Å². The van der Waals surface area contributed by atoms with E-state index >= 15 is 0 Å². The predicted molar refractivity (Wildman–Crippen MR) is 69.3 cm³/mol. The van der Waals surface area contributed by atoms with Crippen LogP contribution in [0.15, 0.2) is 18.2 Å². The molecule has 0 saturated carbocycles. The number of nitrogens with one attached hydrogen (secondary N) is 1. The van der Waals surface area contributed by atoms with Gasteiger partial charge in [-0.25, -0.2) is 0 Å². The predicted octanol–water partition coefficient (Wildman–Crippen LogP) is 1.32. The standard InChI is InChI=1S/C14H17NO4/c1-9(16)15-8-12(7-14(17)18)10-2-3-13-11(6-10)4-5-19-13/h2-3,6,12H,4-5,7-8H2,1H3,(H,15,16)(H,17,18). The first-order valence-corrected chi connectivity index (χ1v) is 6.28. The fraction of sp³-hybridized carbons (Fsp3) is 0.429. The number of hydrogen-bond acceptors (Lipinski definition) is 3. The number of amides is 1. The van der Waals surface area contributed by atoms with Gasteiger partial charge in [0.25, 0.3) is 0 Å². The van der Waals surface area contributed by atoms with Gasteiger partial charge in [-0.3, -0.25) is 9.59 Å². The second-order valence-corrected chi connectivity index (χ2v) is 4.70. The highest BCUT2D eigenvalue weighted by atomic mass is 16.5. The second kappa shape index (κ2) is 5.73. The number of carbonyl (C=O) groups is 2. The number of carboxylic acid groups (broad SMARTS) is 1. The summed E-state index contributed by atoms with van der Waals surface area (Å²) >= 11 is 0. The van der Waals surface area contributed by atoms with Gasteiger partial charge in [-0.1, -0.05) is 12.1 Å². The van der Waals surface area contributed by atoms with Crippen molar-refractivity contribution in [2.45, 2.75) is 25.7 Å². The van der Waals surface area contributed by atoms with Crippen LogP contribution in [0.25, 0.3) is 0 Å². The Morgan fingerprint density at radius 2 is 2.26 bits per heavy atom. The summed E-state index contributed by atoms with van der Waals surface area (Å²) in [4.78, 5) is 21.9. The minimum atomic E-state index is -0.868. The Morgan fingerprint density at radius 1 is 1.47 bits per heavy atom. The largest absolute Gasteiger partial charge is 0.493 e. The van der Waals surface area contributed by atoms with E-state index in [0.717, 1.165) is 23.3 Å². The Bertz CT molecular complexity index is 498. The van der Waals surface area contributed by atoms with Crippen molar-refractivity contribution < 1.29 is 19.4 Å². The highest BCUT2D eigenvalue weighted by Crippen LogP contribution is 2.29. The molecule has 5 heteroatoms. The lowest BCUT2D eigenvalue weighted by Gasteiger charge is -2.16. The van der Waals surface area contributed by atoms with Crippen LogP contribution < -0.4 is 10.1 Å². The Morgan fingerprint density at radius 3 is 2.95 bits per heavy atom. The van der Waals surface area contributed by atoms with Gasteiger partial charge < -0.3 is 15.2 Å². The number of carboxylic acids is 1. The molecule has 1 amide bonds. The number of fused-ring (bicyclic) bond motifs is 1. The molecule has 2 rings (SSSR count). The third-order valence-electron chi connectivity index (χ3n) is 3.20. The Hall–Kier alpha value is -2.04. The molecule has 1 aliphatic rings. The molecule has 19 heavy (non-hydrogen) atoms. The van der Waals surface area contributed by atoms with Gasteiger partial charge in [-0.05, 0) is 17.2 Å². The van der Waals surface area contributed by atoms with Crippen LogP contribution in [0.4, 0.5) is 0 Å². The van der Waals surface area contributed by atoms with E-state index in [1.54, 1.807) is 0 Å². The van der Waals surface area contributed by atoms with Crippen molar-refractivity contribution in [3.8, 4) is 5.75 Å². The average molecular weight is 263 g/mol. The average Bonchev–Trinajstić information content (AvgIpc) is 2.80. The SMILES string of the molecule is CC(=O)NCC(CC(=O)O)c1ccc2c(c1)CCO2. The lowest BCUT2D eigenvalue weighted by molar-refractivity contribution is -0.137. The molecule has 1 heterocycles. The van der Waals surface area contributed by atoms with Gasteiger partial charge in [0.2, 0.25) is 5.91 Å². The smallest absolute Gasteiger partial charge is 0.304 e. The molecule has 1 unspecified atom stereocenters. The molecule has 1 atom stereocenters. The van der Waals surface area contributed by atoms with Crippen molar-refractivity contribution in [2.24, 2.45) is 0 Å². The minimum absolute atomic E-state index is 0.0000756. The normalized spacial score (nSPS) is 14.4. The molecule has 1 aromatic rings. The lowest BCUT2D eigenvalue weighted by atomic mass is 9.93. The van der Waals surface area contributed by atoms with Gasteiger partial charge in [0.05, 0.1) is 13.0 Å². The highest BCUT2D eigenvalue weighted by Gasteiger charge is 2.19. The summed E-state index contributed by atoms with van der Waals surface area (Å²) < 4.78 is 5.43. The van der Waals surface area contributed by atoms with Crippen LogP contribution >= 0.6 is 0 Å². The van der Waals surface area contributed by atoms with E-state index in [2.05, 4.69) is 5.32 Å². The summed E-state index contributed by atoms with van der Waals surface area (Å²) in [5.74, 6) is -0.364. The minimum Gasteiger partial charge on any atom is -0.493 e. The van der Waals surface area contributed by atoms with Crippen molar-refractivity contribution in [3.63, 3.8) is 0 Å². The molecule has 1 aliphatic heterocycles. The monoisotopic (exact) mass is 263 g/mol. The molecule has 0 spiro atoms. The summed E-state index contributed by atoms with van der Waals surface area (Å²) in [6.07, 6.45) is 0.850. The zero-order chi connectivity index (χ0) is 13.8.